The molecule has 0 atom stereocenters. The van der Waals surface area contributed by atoms with E-state index in [1.54, 1.807) is 6.33 Å². The van der Waals surface area contributed by atoms with Gasteiger partial charge in [-0.1, -0.05) is 31.4 Å². The number of hydrogen-bond donors (Lipinski definition) is 0. The molecule has 2 heterocycles. The largest absolute Gasteiger partial charge is 0.315 e. The molecule has 4 nitrogen and oxygen atoms in total. The molecule has 0 aliphatic heterocycles. The van der Waals surface area contributed by atoms with Crippen LogP contribution in [0.2, 0.25) is 5.15 Å². The average Bonchev–Trinajstić information content (AvgIpc) is 2.62. The molecule has 86 valence electrons. The van der Waals surface area contributed by atoms with Gasteiger partial charge in [0.05, 0.1) is 6.33 Å². The summed E-state index contributed by atoms with van der Waals surface area (Å²) in [5.74, 6) is 0. The summed E-state index contributed by atoms with van der Waals surface area (Å²) in [4.78, 5) is 12.7. The Morgan fingerprint density at radius 1 is 1.38 bits per heavy atom. The molecule has 0 spiro atoms. The van der Waals surface area contributed by atoms with Crippen LogP contribution >= 0.6 is 34.2 Å². The smallest absolute Gasteiger partial charge is 0.194 e. The third kappa shape index (κ3) is 2.45. The van der Waals surface area contributed by atoms with Gasteiger partial charge in [0, 0.05) is 29.1 Å². The Balaban J connectivity index is 2.32. The monoisotopic (exact) mass is 350 g/mol. The summed E-state index contributed by atoms with van der Waals surface area (Å²) in [7, 11) is 0. The minimum atomic E-state index is 0.434. The minimum absolute atomic E-state index is 0.434. The van der Waals surface area contributed by atoms with Crippen molar-refractivity contribution in [3.8, 4) is 0 Å². The van der Waals surface area contributed by atoms with E-state index >= 15 is 0 Å². The van der Waals surface area contributed by atoms with Gasteiger partial charge in [-0.05, 0) is 6.42 Å². The lowest BCUT2D eigenvalue weighted by Gasteiger charge is -2.02. The second-order valence-corrected chi connectivity index (χ2v) is 4.92. The zero-order chi connectivity index (χ0) is 11.5. The maximum atomic E-state index is 6.01. The van der Waals surface area contributed by atoms with E-state index in [1.807, 2.05) is 4.57 Å². The van der Waals surface area contributed by atoms with Crippen molar-refractivity contribution in [2.24, 2.45) is 0 Å². The summed E-state index contributed by atoms with van der Waals surface area (Å²) in [6.07, 6.45) is 5.35. The zero-order valence-electron chi connectivity index (χ0n) is 8.95. The number of aromatic nitrogens is 4. The molecule has 0 saturated heterocycles. The van der Waals surface area contributed by atoms with Gasteiger partial charge >= 0.3 is 0 Å². The first kappa shape index (κ1) is 12.0. The van der Waals surface area contributed by atoms with Crippen molar-refractivity contribution >= 4 is 45.4 Å². The molecule has 0 radical (unpaired) electrons. The molecule has 0 amide bonds. The quantitative estimate of drug-likeness (QED) is 0.368. The van der Waals surface area contributed by atoms with Crippen LogP contribution in [0.25, 0.3) is 11.2 Å². The zero-order valence-corrected chi connectivity index (χ0v) is 11.9. The number of aryl methyl sites for hydroxylation is 1. The molecule has 6 heteroatoms. The molecule has 16 heavy (non-hydrogen) atoms. The molecule has 0 bridgehead atoms. The summed E-state index contributed by atoms with van der Waals surface area (Å²) < 4.78 is 2.70. The van der Waals surface area contributed by atoms with Gasteiger partial charge in [-0.2, -0.15) is 0 Å². The van der Waals surface area contributed by atoms with Crippen LogP contribution in [0.3, 0.4) is 0 Å². The number of fused-ring (bicyclic) bond motifs is 1. The molecule has 0 saturated carbocycles. The first-order chi connectivity index (χ1) is 7.72. The lowest BCUT2D eigenvalue weighted by atomic mass is 10.2. The maximum absolute atomic E-state index is 6.01. The number of nitrogens with zero attached hydrogens (tertiary/aromatic N) is 4. The van der Waals surface area contributed by atoms with Crippen LogP contribution in [-0.4, -0.2) is 19.5 Å². The van der Waals surface area contributed by atoms with Gasteiger partial charge in [0.25, 0.3) is 0 Å². The van der Waals surface area contributed by atoms with E-state index < -0.39 is 0 Å². The fraction of sp³-hybridized carbons (Fsp3) is 0.500. The van der Waals surface area contributed by atoms with E-state index in [9.17, 15) is 0 Å². The van der Waals surface area contributed by atoms with Gasteiger partial charge in [-0.15, -0.1) is 0 Å². The first-order valence-corrected chi connectivity index (χ1v) is 6.72. The third-order valence-electron chi connectivity index (χ3n) is 2.40. The van der Waals surface area contributed by atoms with Crippen molar-refractivity contribution in [3.63, 3.8) is 0 Å². The van der Waals surface area contributed by atoms with Crippen molar-refractivity contribution in [2.45, 2.75) is 32.7 Å². The van der Waals surface area contributed by atoms with E-state index in [2.05, 4.69) is 44.5 Å². The molecule has 0 fully saturated rings. The van der Waals surface area contributed by atoms with Crippen molar-refractivity contribution in [2.75, 3.05) is 0 Å². The van der Waals surface area contributed by atoms with Crippen molar-refractivity contribution < 1.29 is 0 Å². The Labute approximate surface area is 113 Å². The second kappa shape index (κ2) is 5.27. The molecule has 0 unspecified atom stereocenters. The predicted octanol–water partition coefficient (Wildman–Crippen LogP) is 3.27. The van der Waals surface area contributed by atoms with Gasteiger partial charge < -0.3 is 4.57 Å². The van der Waals surface area contributed by atoms with Crippen LogP contribution in [-0.2, 0) is 6.54 Å². The summed E-state index contributed by atoms with van der Waals surface area (Å²) >= 11 is 8.07. The van der Waals surface area contributed by atoms with Crippen LogP contribution in [0.4, 0.5) is 0 Å². The fourth-order valence-corrected chi connectivity index (χ4v) is 2.41. The highest BCUT2D eigenvalue weighted by Crippen LogP contribution is 2.19. The molecular weight excluding hydrogens is 338 g/mol. The van der Waals surface area contributed by atoms with E-state index in [0.717, 1.165) is 18.6 Å². The number of unbranched alkanes of at least 4 members (excludes halogenated alkanes) is 2. The number of rotatable bonds is 4. The molecule has 0 N–H and O–H groups in total. The maximum Gasteiger partial charge on any atom is 0.194 e. The Kier molecular flexibility index (Phi) is 3.96. The van der Waals surface area contributed by atoms with Crippen molar-refractivity contribution in [1.82, 2.24) is 19.5 Å². The normalized spacial score (nSPS) is 11.2. The lowest BCUT2D eigenvalue weighted by molar-refractivity contribution is 0.610. The second-order valence-electron chi connectivity index (χ2n) is 3.60. The van der Waals surface area contributed by atoms with Gasteiger partial charge in [0.2, 0.25) is 0 Å². The Bertz CT molecular complexity index is 497. The third-order valence-corrected chi connectivity index (χ3v) is 3.14. The Morgan fingerprint density at radius 2 is 2.19 bits per heavy atom. The molecule has 2 aromatic heterocycles. The summed E-state index contributed by atoms with van der Waals surface area (Å²) in [5, 5.41) is 0.434. The van der Waals surface area contributed by atoms with E-state index in [-0.39, 0.29) is 0 Å². The predicted molar refractivity (Wildman–Crippen MR) is 72.6 cm³/mol. The summed E-state index contributed by atoms with van der Waals surface area (Å²) in [5.41, 5.74) is 1.53. The van der Waals surface area contributed by atoms with Gasteiger partial charge in [0.15, 0.2) is 14.6 Å². The van der Waals surface area contributed by atoms with Crippen LogP contribution in [0.1, 0.15) is 26.2 Å². The number of halogens is 2. The SMILES string of the molecule is CCCCCn1cnc2c(Cl)nc(I)nc21. The Morgan fingerprint density at radius 3 is 2.94 bits per heavy atom. The number of imidazole rings is 1. The first-order valence-electron chi connectivity index (χ1n) is 5.26. The van der Waals surface area contributed by atoms with Gasteiger partial charge in [-0.25, -0.2) is 15.0 Å². The van der Waals surface area contributed by atoms with Crippen LogP contribution in [0.5, 0.6) is 0 Å². The van der Waals surface area contributed by atoms with Crippen molar-refractivity contribution in [1.29, 1.82) is 0 Å². The van der Waals surface area contributed by atoms with Crippen molar-refractivity contribution in [3.05, 3.63) is 15.3 Å². The molecule has 0 aliphatic rings. The van der Waals surface area contributed by atoms with E-state index in [4.69, 9.17) is 11.6 Å². The molecule has 0 aliphatic carbocycles. The molecular formula is C10H12ClIN4. The molecule has 2 aromatic rings. The average molecular weight is 351 g/mol. The van der Waals surface area contributed by atoms with Gasteiger partial charge in [0.1, 0.15) is 5.52 Å². The standard InChI is InChI=1S/C10H12ClIN4/c1-2-3-4-5-16-6-13-7-8(11)14-10(12)15-9(7)16/h6H,2-5H2,1H3. The van der Waals surface area contributed by atoms with E-state index in [0.29, 0.717) is 14.5 Å². The van der Waals surface area contributed by atoms with Crippen LogP contribution < -0.4 is 0 Å². The van der Waals surface area contributed by atoms with E-state index in [1.165, 1.54) is 12.8 Å². The summed E-state index contributed by atoms with van der Waals surface area (Å²) in [6.45, 7) is 3.13. The highest BCUT2D eigenvalue weighted by Gasteiger charge is 2.10. The molecule has 0 aromatic carbocycles. The highest BCUT2D eigenvalue weighted by atomic mass is 127. The van der Waals surface area contributed by atoms with Crippen LogP contribution in [0, 0.1) is 3.83 Å². The van der Waals surface area contributed by atoms with Gasteiger partial charge in [-0.3, -0.25) is 0 Å². The minimum Gasteiger partial charge on any atom is -0.315 e. The number of hydrogen-bond acceptors (Lipinski definition) is 3. The Hall–Kier alpha value is -0.430. The lowest BCUT2D eigenvalue weighted by Crippen LogP contribution is -1.99. The topological polar surface area (TPSA) is 43.6 Å². The van der Waals surface area contributed by atoms with Crippen LogP contribution in [0.15, 0.2) is 6.33 Å². The molecule has 2 rings (SSSR count). The summed E-state index contributed by atoms with van der Waals surface area (Å²) in [6, 6.07) is 0. The fourth-order valence-electron chi connectivity index (χ4n) is 1.58. The highest BCUT2D eigenvalue weighted by molar-refractivity contribution is 14.1.